The molecule has 2 aromatic rings. The zero-order valence-electron chi connectivity index (χ0n) is 16.7. The molecule has 7 nitrogen and oxygen atoms in total. The summed E-state index contributed by atoms with van der Waals surface area (Å²) in [5.74, 6) is -2.20. The van der Waals surface area contributed by atoms with Gasteiger partial charge in [0, 0.05) is 5.69 Å². The van der Waals surface area contributed by atoms with Crippen molar-refractivity contribution in [2.45, 2.75) is 43.4 Å². The fourth-order valence-corrected chi connectivity index (χ4v) is 5.32. The molecule has 0 bridgehead atoms. The number of sulfonamides is 1. The van der Waals surface area contributed by atoms with Crippen molar-refractivity contribution in [1.29, 1.82) is 0 Å². The highest BCUT2D eigenvalue weighted by atomic mass is 32.2. The van der Waals surface area contributed by atoms with Gasteiger partial charge in [0.15, 0.2) is 0 Å². The number of ether oxygens (including phenoxy) is 1. The van der Waals surface area contributed by atoms with Gasteiger partial charge in [-0.15, -0.1) is 0 Å². The normalized spacial score (nSPS) is 14.7. The maximum absolute atomic E-state index is 14.8. The largest absolute Gasteiger partial charge is 0.465 e. The number of carbonyl (C=O) groups excluding carboxylic acids is 2. The van der Waals surface area contributed by atoms with Crippen LogP contribution in [-0.4, -0.2) is 27.5 Å². The number of hydrogen-bond acceptors (Lipinski definition) is 5. The lowest BCUT2D eigenvalue weighted by molar-refractivity contribution is 0.0600. The van der Waals surface area contributed by atoms with Crippen LogP contribution in [0.25, 0.3) is 0 Å². The fourth-order valence-electron chi connectivity index (χ4n) is 4.31. The zero-order valence-corrected chi connectivity index (χ0v) is 17.5. The lowest BCUT2D eigenvalue weighted by Gasteiger charge is -2.17. The second-order valence-electron chi connectivity index (χ2n) is 7.51. The Morgan fingerprint density at radius 1 is 0.968 bits per heavy atom. The van der Waals surface area contributed by atoms with E-state index in [1.165, 1.54) is 0 Å². The molecule has 31 heavy (non-hydrogen) atoms. The number of methoxy groups -OCH3 is 1. The van der Waals surface area contributed by atoms with Gasteiger partial charge in [0.1, 0.15) is 16.5 Å². The molecule has 10 heteroatoms. The van der Waals surface area contributed by atoms with Crippen molar-refractivity contribution in [3.05, 3.63) is 57.7 Å². The lowest BCUT2D eigenvalue weighted by Crippen LogP contribution is -2.35. The number of carbonyl (C=O) groups is 2. The summed E-state index contributed by atoms with van der Waals surface area (Å²) in [6, 6.07) is 1.59. The Balaban J connectivity index is 1.63. The average Bonchev–Trinajstić information content (AvgIpc) is 3.40. The summed E-state index contributed by atoms with van der Waals surface area (Å²) in [6.45, 7) is 0. The van der Waals surface area contributed by atoms with Crippen LogP contribution in [0.4, 0.5) is 19.3 Å². The monoisotopic (exact) mass is 450 g/mol. The first-order valence-corrected chi connectivity index (χ1v) is 11.3. The van der Waals surface area contributed by atoms with Crippen LogP contribution in [0.2, 0.25) is 0 Å². The number of halogens is 2. The summed E-state index contributed by atoms with van der Waals surface area (Å²) in [6.07, 6.45) is 3.78. The molecule has 2 aliphatic carbocycles. The van der Waals surface area contributed by atoms with Gasteiger partial charge in [-0.1, -0.05) is 0 Å². The molecule has 0 saturated carbocycles. The number of nitrogens with one attached hydrogen (secondary N) is 2. The van der Waals surface area contributed by atoms with Crippen molar-refractivity contribution in [2.75, 3.05) is 12.4 Å². The number of hydrogen-bond donors (Lipinski definition) is 2. The number of rotatable bonds is 4. The van der Waals surface area contributed by atoms with Crippen LogP contribution in [0.1, 0.15) is 45.5 Å². The summed E-state index contributed by atoms with van der Waals surface area (Å²) in [7, 11) is -3.53. The summed E-state index contributed by atoms with van der Waals surface area (Å²) in [5.41, 5.74) is 2.76. The molecule has 0 radical (unpaired) electrons. The summed E-state index contributed by atoms with van der Waals surface area (Å²) >= 11 is 0. The molecule has 0 atom stereocenters. The Bertz CT molecular complexity index is 1180. The zero-order chi connectivity index (χ0) is 22.3. The molecule has 0 fully saturated rings. The molecule has 0 aromatic heterocycles. The third kappa shape index (κ3) is 3.76. The molecule has 2 aromatic carbocycles. The minimum atomic E-state index is -4.63. The Morgan fingerprint density at radius 3 is 2.13 bits per heavy atom. The average molecular weight is 450 g/mol. The number of esters is 1. The van der Waals surface area contributed by atoms with Crippen LogP contribution in [0.5, 0.6) is 0 Å². The van der Waals surface area contributed by atoms with E-state index in [9.17, 15) is 26.8 Å². The number of amides is 2. The molecule has 0 heterocycles. The summed E-state index contributed by atoms with van der Waals surface area (Å²) in [5, 5.41) is 2.55. The molecule has 4 rings (SSSR count). The van der Waals surface area contributed by atoms with Gasteiger partial charge in [-0.3, -0.25) is 0 Å². The van der Waals surface area contributed by atoms with Gasteiger partial charge in [-0.05, 0) is 79.0 Å². The quantitative estimate of drug-likeness (QED) is 0.697. The second kappa shape index (κ2) is 7.92. The Morgan fingerprint density at radius 2 is 1.55 bits per heavy atom. The van der Waals surface area contributed by atoms with Crippen LogP contribution in [0.3, 0.4) is 0 Å². The number of benzene rings is 2. The highest BCUT2D eigenvalue weighted by molar-refractivity contribution is 7.90. The Kier molecular flexibility index (Phi) is 5.42. The first kappa shape index (κ1) is 21.2. The fraction of sp³-hybridized carbons (Fsp3) is 0.333. The third-order valence-electron chi connectivity index (χ3n) is 5.68. The van der Waals surface area contributed by atoms with E-state index in [0.717, 1.165) is 38.2 Å². The van der Waals surface area contributed by atoms with E-state index in [1.54, 1.807) is 4.72 Å². The molecule has 0 aliphatic heterocycles. The molecular weight excluding hydrogens is 430 g/mol. The van der Waals surface area contributed by atoms with Crippen molar-refractivity contribution >= 4 is 27.7 Å². The van der Waals surface area contributed by atoms with Crippen molar-refractivity contribution in [3.63, 3.8) is 0 Å². The van der Waals surface area contributed by atoms with Crippen molar-refractivity contribution in [1.82, 2.24) is 4.72 Å². The van der Waals surface area contributed by atoms with Crippen LogP contribution in [-0.2, 0) is 40.4 Å². The van der Waals surface area contributed by atoms with Gasteiger partial charge in [0.25, 0.3) is 10.0 Å². The molecule has 0 saturated heterocycles. The SMILES string of the molecule is COC(=O)c1ccc(F)c(S(=O)(=O)NC(=O)Nc2c3c(c(F)c4c2CCC4)CCC3)c1. The number of anilines is 1. The van der Waals surface area contributed by atoms with E-state index in [1.807, 2.05) is 0 Å². The topological polar surface area (TPSA) is 102 Å². The van der Waals surface area contributed by atoms with E-state index >= 15 is 0 Å². The van der Waals surface area contributed by atoms with Crippen molar-refractivity contribution < 1.29 is 31.5 Å². The summed E-state index contributed by atoms with van der Waals surface area (Å²) < 4.78 is 60.4. The first-order valence-electron chi connectivity index (χ1n) is 9.79. The minimum Gasteiger partial charge on any atom is -0.465 e. The van der Waals surface area contributed by atoms with Gasteiger partial charge in [0.2, 0.25) is 0 Å². The molecule has 2 aliphatic rings. The minimum absolute atomic E-state index is 0.182. The predicted octanol–water partition coefficient (Wildman–Crippen LogP) is 3.24. The standard InChI is InChI=1S/C21H20F2N2O5S/c1-30-20(26)11-8-9-16(22)17(10-11)31(28,29)25-21(27)24-19-14-6-2-4-12(14)18(23)13-5-3-7-15(13)19/h8-10H,2-7H2,1H3,(H2,24,25,27). The number of fused-ring (bicyclic) bond motifs is 2. The van der Waals surface area contributed by atoms with Gasteiger partial charge >= 0.3 is 12.0 Å². The highest BCUT2D eigenvalue weighted by Crippen LogP contribution is 2.40. The molecule has 164 valence electrons. The van der Waals surface area contributed by atoms with Gasteiger partial charge in [0.05, 0.1) is 12.7 Å². The maximum atomic E-state index is 14.8. The summed E-state index contributed by atoms with van der Waals surface area (Å²) in [4.78, 5) is 23.3. The predicted molar refractivity (Wildman–Crippen MR) is 108 cm³/mol. The van der Waals surface area contributed by atoms with Gasteiger partial charge < -0.3 is 10.1 Å². The van der Waals surface area contributed by atoms with Gasteiger partial charge in [-0.2, -0.15) is 0 Å². The van der Waals surface area contributed by atoms with Crippen LogP contribution < -0.4 is 10.0 Å². The van der Waals surface area contributed by atoms with Gasteiger partial charge in [-0.25, -0.2) is 31.5 Å². The van der Waals surface area contributed by atoms with Crippen LogP contribution in [0, 0.1) is 11.6 Å². The Hall–Kier alpha value is -3.01. The molecule has 0 unspecified atom stereocenters. The molecular formula is C21H20F2N2O5S. The first-order chi connectivity index (χ1) is 14.7. The second-order valence-corrected chi connectivity index (χ2v) is 9.16. The van der Waals surface area contributed by atoms with E-state index < -0.39 is 32.7 Å². The van der Waals surface area contributed by atoms with Crippen LogP contribution >= 0.6 is 0 Å². The van der Waals surface area contributed by atoms with E-state index in [-0.39, 0.29) is 11.4 Å². The van der Waals surface area contributed by atoms with Crippen LogP contribution in [0.15, 0.2) is 23.1 Å². The molecule has 2 N–H and O–H groups in total. The van der Waals surface area contributed by atoms with E-state index in [2.05, 4.69) is 10.1 Å². The third-order valence-corrected chi connectivity index (χ3v) is 7.02. The van der Waals surface area contributed by atoms with Crippen molar-refractivity contribution in [3.8, 4) is 0 Å². The molecule has 2 amide bonds. The van der Waals surface area contributed by atoms with E-state index in [4.69, 9.17) is 0 Å². The Labute approximate surface area is 177 Å². The smallest absolute Gasteiger partial charge is 0.337 e. The number of urea groups is 1. The highest BCUT2D eigenvalue weighted by Gasteiger charge is 2.31. The molecule has 0 spiro atoms. The maximum Gasteiger partial charge on any atom is 0.337 e. The van der Waals surface area contributed by atoms with E-state index in [0.29, 0.717) is 53.6 Å². The van der Waals surface area contributed by atoms with Crippen molar-refractivity contribution in [2.24, 2.45) is 0 Å². The lowest BCUT2D eigenvalue weighted by atomic mass is 9.98.